The number of thioether (sulfide) groups is 1. The fourth-order valence-electron chi connectivity index (χ4n) is 3.62. The van der Waals surface area contributed by atoms with Crippen molar-refractivity contribution < 1.29 is 13.2 Å². The van der Waals surface area contributed by atoms with Crippen molar-refractivity contribution in [2.75, 3.05) is 23.1 Å². The zero-order valence-corrected chi connectivity index (χ0v) is 20.1. The number of halogens is 1. The molecule has 0 radical (unpaired) electrons. The van der Waals surface area contributed by atoms with Crippen LogP contribution < -0.4 is 9.62 Å². The lowest BCUT2D eigenvalue weighted by molar-refractivity contribution is -0.119. The summed E-state index contributed by atoms with van der Waals surface area (Å²) in [4.78, 5) is 12.8. The van der Waals surface area contributed by atoms with Gasteiger partial charge < -0.3 is 5.32 Å². The predicted octanol–water partition coefficient (Wildman–Crippen LogP) is 5.03. The molecule has 0 saturated heterocycles. The summed E-state index contributed by atoms with van der Waals surface area (Å²) in [5.41, 5.74) is 1.32. The summed E-state index contributed by atoms with van der Waals surface area (Å²) in [6.45, 7) is 2.11. The van der Waals surface area contributed by atoms with E-state index in [9.17, 15) is 13.2 Å². The number of nitrogens with zero attached hydrogens (tertiary/aromatic N) is 1. The Morgan fingerprint density at radius 1 is 1.13 bits per heavy atom. The number of nitrogens with one attached hydrogen (secondary N) is 1. The molecular weight excluding hydrogens is 452 g/mol. The summed E-state index contributed by atoms with van der Waals surface area (Å²) in [7, 11) is -3.92. The Morgan fingerprint density at radius 3 is 2.52 bits per heavy atom. The number of carbonyl (C=O) groups excluding carboxylic acids is 1. The molecule has 0 spiro atoms. The van der Waals surface area contributed by atoms with Gasteiger partial charge in [-0.15, -0.1) is 0 Å². The molecule has 0 atom stereocenters. The van der Waals surface area contributed by atoms with Crippen molar-refractivity contribution in [2.24, 2.45) is 0 Å². The number of anilines is 1. The molecule has 0 aromatic heterocycles. The number of sulfonamides is 1. The first-order valence-corrected chi connectivity index (χ1v) is 13.5. The molecule has 0 unspecified atom stereocenters. The maximum atomic E-state index is 13.3. The summed E-state index contributed by atoms with van der Waals surface area (Å²) < 4.78 is 27.8. The SMILES string of the molecule is Cc1ccc(S(=O)(=O)N(CC(=O)NCCSC2CCCCC2)c2cccc(Cl)c2)cc1. The van der Waals surface area contributed by atoms with E-state index >= 15 is 0 Å². The van der Waals surface area contributed by atoms with Crippen LogP contribution in [0.25, 0.3) is 0 Å². The fourth-order valence-corrected chi connectivity index (χ4v) is 6.44. The highest BCUT2D eigenvalue weighted by Gasteiger charge is 2.27. The molecule has 1 N–H and O–H groups in total. The molecule has 5 nitrogen and oxygen atoms in total. The summed E-state index contributed by atoms with van der Waals surface area (Å²) in [6, 6.07) is 13.1. The van der Waals surface area contributed by atoms with Gasteiger partial charge in [0, 0.05) is 22.6 Å². The van der Waals surface area contributed by atoms with E-state index in [2.05, 4.69) is 5.32 Å². The third-order valence-corrected chi connectivity index (χ3v) is 8.73. The minimum atomic E-state index is -3.92. The molecule has 1 fully saturated rings. The highest BCUT2D eigenvalue weighted by molar-refractivity contribution is 7.99. The van der Waals surface area contributed by atoms with Crippen LogP contribution in [0.1, 0.15) is 37.7 Å². The van der Waals surface area contributed by atoms with Crippen LogP contribution in [0.2, 0.25) is 5.02 Å². The highest BCUT2D eigenvalue weighted by atomic mass is 35.5. The molecule has 8 heteroatoms. The van der Waals surface area contributed by atoms with Gasteiger partial charge in [0.2, 0.25) is 5.91 Å². The van der Waals surface area contributed by atoms with E-state index in [1.54, 1.807) is 48.5 Å². The number of aryl methyl sites for hydroxylation is 1. The molecule has 0 heterocycles. The van der Waals surface area contributed by atoms with Crippen molar-refractivity contribution in [3.63, 3.8) is 0 Å². The van der Waals surface area contributed by atoms with Crippen LogP contribution >= 0.6 is 23.4 Å². The number of rotatable bonds is 9. The van der Waals surface area contributed by atoms with E-state index < -0.39 is 10.0 Å². The zero-order chi connectivity index (χ0) is 22.3. The Balaban J connectivity index is 1.68. The number of hydrogen-bond acceptors (Lipinski definition) is 4. The van der Waals surface area contributed by atoms with Crippen molar-refractivity contribution in [1.82, 2.24) is 5.32 Å². The van der Waals surface area contributed by atoms with Gasteiger partial charge in [-0.2, -0.15) is 11.8 Å². The monoisotopic (exact) mass is 480 g/mol. The quantitative estimate of drug-likeness (QED) is 0.511. The average molecular weight is 481 g/mol. The summed E-state index contributed by atoms with van der Waals surface area (Å²) >= 11 is 7.99. The van der Waals surface area contributed by atoms with Crippen LogP contribution in [0.15, 0.2) is 53.4 Å². The van der Waals surface area contributed by atoms with E-state index in [4.69, 9.17) is 11.6 Å². The number of carbonyl (C=O) groups is 1. The van der Waals surface area contributed by atoms with E-state index in [1.807, 2.05) is 18.7 Å². The molecule has 2 aromatic carbocycles. The molecule has 168 valence electrons. The topological polar surface area (TPSA) is 66.5 Å². The summed E-state index contributed by atoms with van der Waals surface area (Å²) in [6.07, 6.45) is 6.39. The first-order chi connectivity index (χ1) is 14.9. The van der Waals surface area contributed by atoms with Crippen LogP contribution in [0.3, 0.4) is 0 Å². The van der Waals surface area contributed by atoms with Gasteiger partial charge in [-0.1, -0.05) is 54.6 Å². The van der Waals surface area contributed by atoms with Gasteiger partial charge in [0.25, 0.3) is 10.0 Å². The van der Waals surface area contributed by atoms with Gasteiger partial charge in [0.15, 0.2) is 0 Å². The average Bonchev–Trinajstić information content (AvgIpc) is 2.76. The summed E-state index contributed by atoms with van der Waals surface area (Å²) in [5.74, 6) is 0.498. The van der Waals surface area contributed by atoms with Gasteiger partial charge >= 0.3 is 0 Å². The third kappa shape index (κ3) is 6.89. The lowest BCUT2D eigenvalue weighted by Crippen LogP contribution is -2.41. The van der Waals surface area contributed by atoms with Gasteiger partial charge in [0.1, 0.15) is 6.54 Å². The Hall–Kier alpha value is -1.70. The van der Waals surface area contributed by atoms with Crippen molar-refractivity contribution >= 4 is 45.0 Å². The first-order valence-electron chi connectivity index (χ1n) is 10.6. The molecule has 0 bridgehead atoms. The second-order valence-electron chi connectivity index (χ2n) is 7.79. The smallest absolute Gasteiger partial charge is 0.264 e. The van der Waals surface area contributed by atoms with Crippen molar-refractivity contribution in [3.05, 3.63) is 59.1 Å². The van der Waals surface area contributed by atoms with E-state index in [1.165, 1.54) is 32.1 Å². The normalized spacial score (nSPS) is 14.9. The summed E-state index contributed by atoms with van der Waals surface area (Å²) in [5, 5.41) is 3.96. The van der Waals surface area contributed by atoms with E-state index in [-0.39, 0.29) is 17.3 Å². The van der Waals surface area contributed by atoms with Gasteiger partial charge in [-0.3, -0.25) is 9.10 Å². The van der Waals surface area contributed by atoms with Crippen LogP contribution in [0, 0.1) is 6.92 Å². The van der Waals surface area contributed by atoms with Crippen LogP contribution in [0.4, 0.5) is 5.69 Å². The maximum absolute atomic E-state index is 13.3. The van der Waals surface area contributed by atoms with E-state index in [0.717, 1.165) is 15.6 Å². The molecule has 1 saturated carbocycles. The second-order valence-corrected chi connectivity index (χ2v) is 11.5. The number of amides is 1. The largest absolute Gasteiger partial charge is 0.354 e. The predicted molar refractivity (Wildman–Crippen MR) is 130 cm³/mol. The van der Waals surface area contributed by atoms with Crippen LogP contribution in [-0.4, -0.2) is 38.4 Å². The molecule has 2 aromatic rings. The lowest BCUT2D eigenvalue weighted by Gasteiger charge is -2.24. The highest BCUT2D eigenvalue weighted by Crippen LogP contribution is 2.28. The first kappa shape index (κ1) is 24.0. The minimum absolute atomic E-state index is 0.138. The fraction of sp³-hybridized carbons (Fsp3) is 0.435. The van der Waals surface area contributed by atoms with Crippen LogP contribution in [0.5, 0.6) is 0 Å². The lowest BCUT2D eigenvalue weighted by atomic mass is 10.0. The molecule has 1 amide bonds. The van der Waals surface area contributed by atoms with Gasteiger partial charge in [0.05, 0.1) is 10.6 Å². The standard InChI is InChI=1S/C23H29ClN2O3S2/c1-18-10-12-22(13-11-18)31(28,29)26(20-7-5-6-19(24)16-20)17-23(27)25-14-15-30-21-8-3-2-4-9-21/h5-7,10-13,16,21H,2-4,8-9,14-15,17H2,1H3,(H,25,27). The second kappa shape index (κ2) is 11.2. The molecule has 31 heavy (non-hydrogen) atoms. The minimum Gasteiger partial charge on any atom is -0.354 e. The zero-order valence-electron chi connectivity index (χ0n) is 17.7. The molecule has 3 rings (SSSR count). The molecule has 1 aliphatic rings. The third-order valence-electron chi connectivity index (χ3n) is 5.32. The maximum Gasteiger partial charge on any atom is 0.264 e. The molecule has 0 aliphatic heterocycles. The Morgan fingerprint density at radius 2 is 1.84 bits per heavy atom. The molecular formula is C23H29ClN2O3S2. The Kier molecular flexibility index (Phi) is 8.69. The van der Waals surface area contributed by atoms with Crippen molar-refractivity contribution in [2.45, 2.75) is 49.2 Å². The molecule has 1 aliphatic carbocycles. The van der Waals surface area contributed by atoms with Gasteiger partial charge in [-0.25, -0.2) is 8.42 Å². The van der Waals surface area contributed by atoms with Crippen molar-refractivity contribution in [3.8, 4) is 0 Å². The number of hydrogen-bond donors (Lipinski definition) is 1. The van der Waals surface area contributed by atoms with Crippen LogP contribution in [-0.2, 0) is 14.8 Å². The van der Waals surface area contributed by atoms with Gasteiger partial charge in [-0.05, 0) is 50.1 Å². The van der Waals surface area contributed by atoms with E-state index in [0.29, 0.717) is 22.5 Å². The Bertz CT molecular complexity index is 975. The van der Waals surface area contributed by atoms with Crippen molar-refractivity contribution in [1.29, 1.82) is 0 Å². The Labute approximate surface area is 194 Å². The number of benzene rings is 2.